The van der Waals surface area contributed by atoms with Gasteiger partial charge in [-0.1, -0.05) is 0 Å². The molecule has 2 fully saturated rings. The number of benzene rings is 1. The molecule has 1 heterocycles. The lowest BCUT2D eigenvalue weighted by Gasteiger charge is -2.20. The summed E-state index contributed by atoms with van der Waals surface area (Å²) in [6, 6.07) is 3.17. The summed E-state index contributed by atoms with van der Waals surface area (Å²) in [5.41, 5.74) is 7.84. The smallest absolute Gasteiger partial charge is 0.397 e. The maximum absolute atomic E-state index is 14.7. The Bertz CT molecular complexity index is 1290. The van der Waals surface area contributed by atoms with E-state index in [0.717, 1.165) is 12.1 Å². The Morgan fingerprint density at radius 2 is 1.86 bits per heavy atom. The molecule has 4 rings (SSSR count). The number of allylic oxidation sites excluding steroid dienone is 2. The van der Waals surface area contributed by atoms with Crippen molar-refractivity contribution >= 4 is 33.2 Å². The molecule has 14 heteroatoms. The average molecular weight is 594 g/mol. The first kappa shape index (κ1) is 26.9. The van der Waals surface area contributed by atoms with Gasteiger partial charge in [0.15, 0.2) is 0 Å². The van der Waals surface area contributed by atoms with E-state index in [1.165, 1.54) is 12.3 Å². The number of nitrogens with one attached hydrogen (secondary N) is 1. The zero-order valence-corrected chi connectivity index (χ0v) is 20.3. The van der Waals surface area contributed by atoms with Gasteiger partial charge in [0.2, 0.25) is 5.91 Å². The number of nitrogens with zero attached hydrogens (tertiary/aromatic N) is 2. The predicted octanol–water partition coefficient (Wildman–Crippen LogP) is 4.61. The summed E-state index contributed by atoms with van der Waals surface area (Å²) in [5.74, 6) is -8.77. The van der Waals surface area contributed by atoms with Gasteiger partial charge in [-0.15, -0.1) is 0 Å². The molecule has 5 N–H and O–H groups in total. The summed E-state index contributed by atoms with van der Waals surface area (Å²) in [4.78, 5) is 20.4. The monoisotopic (exact) mass is 593 g/mol. The summed E-state index contributed by atoms with van der Waals surface area (Å²) in [7, 11) is 0. The first-order chi connectivity index (χ1) is 17.2. The van der Waals surface area contributed by atoms with Crippen molar-refractivity contribution in [2.75, 3.05) is 12.3 Å². The van der Waals surface area contributed by atoms with Crippen LogP contribution in [0, 0.1) is 23.5 Å². The van der Waals surface area contributed by atoms with Gasteiger partial charge in [-0.05, 0) is 58.5 Å². The fourth-order valence-corrected chi connectivity index (χ4v) is 5.05. The van der Waals surface area contributed by atoms with Crippen LogP contribution in [0.4, 0.5) is 36.4 Å². The molecule has 0 bridgehead atoms. The Hall–Kier alpha value is -3.16. The van der Waals surface area contributed by atoms with Crippen LogP contribution in [-0.2, 0) is 11.2 Å². The molecular weight excluding hydrogens is 575 g/mol. The molecule has 37 heavy (non-hydrogen) atoms. The fourth-order valence-electron chi connectivity index (χ4n) is 4.41. The van der Waals surface area contributed by atoms with Crippen molar-refractivity contribution in [2.45, 2.75) is 31.0 Å². The van der Waals surface area contributed by atoms with E-state index in [4.69, 9.17) is 11.5 Å². The van der Waals surface area contributed by atoms with Crippen LogP contribution < -0.4 is 16.8 Å². The maximum Gasteiger partial charge on any atom is 0.431 e. The minimum Gasteiger partial charge on any atom is -0.397 e. The number of nitrogens with two attached hydrogens (primary N) is 2. The molecule has 198 valence electrons. The van der Waals surface area contributed by atoms with Gasteiger partial charge in [-0.3, -0.25) is 14.8 Å². The number of alkyl halides is 5. The molecule has 0 aliphatic heterocycles. The van der Waals surface area contributed by atoms with Gasteiger partial charge in [0.05, 0.1) is 23.6 Å². The van der Waals surface area contributed by atoms with Crippen molar-refractivity contribution in [3.8, 4) is 0 Å². The number of aromatic nitrogens is 1. The van der Waals surface area contributed by atoms with E-state index in [2.05, 4.69) is 31.2 Å². The van der Waals surface area contributed by atoms with Crippen LogP contribution in [-0.4, -0.2) is 35.2 Å². The normalized spacial score (nSPS) is 23.5. The third-order valence-electron chi connectivity index (χ3n) is 6.09. The Labute approximate surface area is 214 Å². The van der Waals surface area contributed by atoms with Gasteiger partial charge in [-0.25, -0.2) is 8.78 Å². The number of carbonyl (C=O) groups is 1. The van der Waals surface area contributed by atoms with Gasteiger partial charge in [0.25, 0.3) is 5.92 Å². The topological polar surface area (TPSA) is 106 Å². The molecule has 1 aromatic heterocycles. The van der Waals surface area contributed by atoms with E-state index in [0.29, 0.717) is 10.5 Å². The summed E-state index contributed by atoms with van der Waals surface area (Å²) in [6.45, 7) is -0.945. The molecular formula is C23H19BrF7N5O. The minimum atomic E-state index is -5.04. The minimum absolute atomic E-state index is 0.144. The van der Waals surface area contributed by atoms with Crippen LogP contribution in [0.1, 0.15) is 23.7 Å². The highest BCUT2D eigenvalue weighted by Gasteiger charge is 2.68. The van der Waals surface area contributed by atoms with Gasteiger partial charge in [0.1, 0.15) is 29.6 Å². The number of halogens is 8. The molecule has 1 amide bonds. The third kappa shape index (κ3) is 5.58. The molecule has 2 saturated carbocycles. The molecule has 3 atom stereocenters. The van der Waals surface area contributed by atoms with Crippen molar-refractivity contribution in [2.24, 2.45) is 22.6 Å². The first-order valence-corrected chi connectivity index (χ1v) is 11.6. The number of amides is 1. The van der Waals surface area contributed by atoms with Crippen LogP contribution in [0.5, 0.6) is 0 Å². The lowest BCUT2D eigenvalue weighted by Crippen LogP contribution is -2.35. The number of rotatable bonds is 6. The summed E-state index contributed by atoms with van der Waals surface area (Å²) in [6.07, 6.45) is -4.09. The first-order valence-electron chi connectivity index (χ1n) is 10.8. The largest absolute Gasteiger partial charge is 0.431 e. The van der Waals surface area contributed by atoms with Gasteiger partial charge < -0.3 is 16.8 Å². The lowest BCUT2D eigenvalue weighted by molar-refractivity contribution is -0.120. The van der Waals surface area contributed by atoms with E-state index in [1.807, 2.05) is 0 Å². The van der Waals surface area contributed by atoms with Crippen LogP contribution in [0.15, 0.2) is 51.2 Å². The van der Waals surface area contributed by atoms with E-state index < -0.39 is 71.0 Å². The highest BCUT2D eigenvalue weighted by Crippen LogP contribution is 2.62. The lowest BCUT2D eigenvalue weighted by atomic mass is 10.0. The molecule has 0 saturated heterocycles. The quantitative estimate of drug-likeness (QED) is 0.425. The molecule has 0 spiro atoms. The molecule has 6 nitrogen and oxygen atoms in total. The van der Waals surface area contributed by atoms with Crippen LogP contribution in [0.2, 0.25) is 0 Å². The molecule has 2 aliphatic rings. The van der Waals surface area contributed by atoms with Crippen molar-refractivity contribution < 1.29 is 35.5 Å². The van der Waals surface area contributed by atoms with Gasteiger partial charge >= 0.3 is 6.18 Å². The van der Waals surface area contributed by atoms with E-state index >= 15 is 0 Å². The summed E-state index contributed by atoms with van der Waals surface area (Å²) >= 11 is 3.25. The third-order valence-corrected chi connectivity index (χ3v) is 6.73. The second-order valence-electron chi connectivity index (χ2n) is 8.80. The van der Waals surface area contributed by atoms with Crippen molar-refractivity contribution in [3.63, 3.8) is 0 Å². The molecule has 1 aromatic carbocycles. The highest BCUT2D eigenvalue weighted by atomic mass is 79.9. The number of pyridine rings is 1. The second kappa shape index (κ2) is 9.62. The summed E-state index contributed by atoms with van der Waals surface area (Å²) < 4.78 is 96.6. The standard InChI is InChI=1S/C23H19BrF7N5O/c24-15-5-12(32)7-34-19(15)16(3-9-1-10(25)4-11(26)2-9)36-17(37)8-35-21-18(20(33)23(29,30)31)13-6-14(13)22(21,27)28/h1-2,4-5,7,13-14,16H,3,6,8,32-33H2,(H,36,37). The number of aliphatic imine (C=N–C) groups is 1. The van der Waals surface area contributed by atoms with E-state index in [1.54, 1.807) is 0 Å². The van der Waals surface area contributed by atoms with Crippen LogP contribution in [0.25, 0.3) is 0 Å². The van der Waals surface area contributed by atoms with Gasteiger partial charge in [-0.2, -0.15) is 22.0 Å². The highest BCUT2D eigenvalue weighted by molar-refractivity contribution is 9.10. The SMILES string of the molecule is NC(=C1C(=NCC(=O)NC(Cc2cc(F)cc(F)c2)c2ncc(N)cc2Br)C(F)(F)C2CC12)C(F)(F)F. The fraction of sp³-hybridized carbons (Fsp3) is 0.348. The Balaban J connectivity index is 1.61. The van der Waals surface area contributed by atoms with E-state index in [9.17, 15) is 35.5 Å². The number of fused-ring (bicyclic) bond motifs is 1. The average Bonchev–Trinajstić information content (AvgIpc) is 3.52. The number of carbonyl (C=O) groups excluding carboxylic acids is 1. The zero-order chi connectivity index (χ0) is 27.3. The number of hydrogen-bond acceptors (Lipinski definition) is 5. The molecule has 2 aromatic rings. The Kier molecular flexibility index (Phi) is 6.99. The number of hydrogen-bond donors (Lipinski definition) is 3. The molecule has 0 radical (unpaired) electrons. The predicted molar refractivity (Wildman–Crippen MR) is 123 cm³/mol. The second-order valence-corrected chi connectivity index (χ2v) is 9.65. The zero-order valence-electron chi connectivity index (χ0n) is 18.7. The van der Waals surface area contributed by atoms with Gasteiger partial charge in [0, 0.05) is 22.0 Å². The number of anilines is 1. The maximum atomic E-state index is 14.7. The van der Waals surface area contributed by atoms with Crippen LogP contribution >= 0.6 is 15.9 Å². The summed E-state index contributed by atoms with van der Waals surface area (Å²) in [5, 5.41) is 2.49. The Morgan fingerprint density at radius 3 is 2.46 bits per heavy atom. The Morgan fingerprint density at radius 1 is 1.22 bits per heavy atom. The van der Waals surface area contributed by atoms with Crippen LogP contribution in [0.3, 0.4) is 0 Å². The van der Waals surface area contributed by atoms with Crippen molar-refractivity contribution in [3.05, 3.63) is 69.1 Å². The van der Waals surface area contributed by atoms with E-state index in [-0.39, 0.29) is 29.8 Å². The molecule has 3 unspecified atom stereocenters. The molecule has 2 aliphatic carbocycles. The number of nitrogen functional groups attached to an aromatic ring is 1. The van der Waals surface area contributed by atoms with Crippen molar-refractivity contribution in [1.82, 2.24) is 10.3 Å². The van der Waals surface area contributed by atoms with Crippen molar-refractivity contribution in [1.29, 1.82) is 0 Å².